The third-order valence-corrected chi connectivity index (χ3v) is 7.03. The van der Waals surface area contributed by atoms with Gasteiger partial charge in [0, 0.05) is 42.8 Å². The Morgan fingerprint density at radius 1 is 1.11 bits per heavy atom. The summed E-state index contributed by atoms with van der Waals surface area (Å²) in [5.41, 5.74) is 1.14. The molecule has 2 heterocycles. The monoisotopic (exact) mass is 406 g/mol. The third kappa shape index (κ3) is 4.38. The van der Waals surface area contributed by atoms with Crippen LogP contribution in [0.3, 0.4) is 0 Å². The van der Waals surface area contributed by atoms with Gasteiger partial charge in [0.2, 0.25) is 5.91 Å². The molecule has 154 valence electrons. The number of ether oxygens (including phenoxy) is 2. The number of morpholine rings is 1. The minimum absolute atomic E-state index is 0.0911. The van der Waals surface area contributed by atoms with E-state index in [-0.39, 0.29) is 17.4 Å². The number of halogens is 1. The number of nitrogens with zero attached hydrogens (tertiary/aromatic N) is 1. The molecule has 1 amide bonds. The molecule has 2 saturated heterocycles. The standard InChI is InChI=1S/C22H31ClN2O3/c23-18-7-5-17(6-8-18)22(9-12-27-13-10-22)16-24-21(26)20-15-28-14-11-25(20)19-3-1-2-4-19/h5-8,19-20H,1-4,9-16H2,(H,24,26)/t20-/m0/s1. The summed E-state index contributed by atoms with van der Waals surface area (Å²) in [5.74, 6) is 0.103. The van der Waals surface area contributed by atoms with Crippen LogP contribution < -0.4 is 5.32 Å². The molecule has 1 atom stereocenters. The maximum Gasteiger partial charge on any atom is 0.239 e. The molecule has 3 aliphatic rings. The molecule has 1 saturated carbocycles. The van der Waals surface area contributed by atoms with Crippen molar-refractivity contribution in [3.8, 4) is 0 Å². The van der Waals surface area contributed by atoms with Crippen LogP contribution in [0, 0.1) is 0 Å². The Bertz CT molecular complexity index is 654. The molecule has 6 heteroatoms. The van der Waals surface area contributed by atoms with Crippen LogP contribution in [0.25, 0.3) is 0 Å². The van der Waals surface area contributed by atoms with Crippen LogP contribution in [0.1, 0.15) is 44.1 Å². The van der Waals surface area contributed by atoms with Crippen molar-refractivity contribution < 1.29 is 14.3 Å². The number of hydrogen-bond acceptors (Lipinski definition) is 4. The topological polar surface area (TPSA) is 50.8 Å². The zero-order chi connectivity index (χ0) is 19.4. The maximum atomic E-state index is 13.2. The molecule has 1 aliphatic carbocycles. The SMILES string of the molecule is O=C(NCC1(c2ccc(Cl)cc2)CCOCC1)[C@@H]1COCCN1C1CCCC1. The first-order valence-corrected chi connectivity index (χ1v) is 11.0. The number of benzene rings is 1. The van der Waals surface area contributed by atoms with Crippen molar-refractivity contribution in [2.45, 2.75) is 56.0 Å². The lowest BCUT2D eigenvalue weighted by Gasteiger charge is -2.41. The van der Waals surface area contributed by atoms with Gasteiger partial charge in [0.25, 0.3) is 0 Å². The molecule has 28 heavy (non-hydrogen) atoms. The third-order valence-electron chi connectivity index (χ3n) is 6.77. The second-order valence-corrected chi connectivity index (χ2v) is 8.82. The van der Waals surface area contributed by atoms with Crippen molar-refractivity contribution >= 4 is 17.5 Å². The highest BCUT2D eigenvalue weighted by molar-refractivity contribution is 6.30. The molecule has 1 N–H and O–H groups in total. The Morgan fingerprint density at radius 2 is 1.82 bits per heavy atom. The van der Waals surface area contributed by atoms with Crippen LogP contribution >= 0.6 is 11.6 Å². The van der Waals surface area contributed by atoms with Gasteiger partial charge in [-0.1, -0.05) is 36.6 Å². The van der Waals surface area contributed by atoms with E-state index < -0.39 is 0 Å². The summed E-state index contributed by atoms with van der Waals surface area (Å²) in [4.78, 5) is 15.5. The van der Waals surface area contributed by atoms with Crippen LogP contribution in [0.5, 0.6) is 0 Å². The van der Waals surface area contributed by atoms with Crippen molar-refractivity contribution in [2.24, 2.45) is 0 Å². The van der Waals surface area contributed by atoms with Crippen molar-refractivity contribution in [1.29, 1.82) is 0 Å². The maximum absolute atomic E-state index is 13.2. The van der Waals surface area contributed by atoms with Gasteiger partial charge in [-0.25, -0.2) is 0 Å². The van der Waals surface area contributed by atoms with Gasteiger partial charge >= 0.3 is 0 Å². The number of carbonyl (C=O) groups excluding carboxylic acids is 1. The van der Waals surface area contributed by atoms with E-state index in [1.807, 2.05) is 12.1 Å². The molecular formula is C22H31ClN2O3. The summed E-state index contributed by atoms with van der Waals surface area (Å²) < 4.78 is 11.3. The van der Waals surface area contributed by atoms with Crippen molar-refractivity contribution in [3.63, 3.8) is 0 Å². The second kappa shape index (κ2) is 9.12. The smallest absolute Gasteiger partial charge is 0.239 e. The minimum atomic E-state index is -0.168. The van der Waals surface area contributed by atoms with Gasteiger partial charge in [-0.15, -0.1) is 0 Å². The average molecular weight is 407 g/mol. The zero-order valence-electron chi connectivity index (χ0n) is 16.5. The quantitative estimate of drug-likeness (QED) is 0.816. The lowest BCUT2D eigenvalue weighted by Crippen LogP contribution is -2.58. The Labute approximate surface area is 172 Å². The van der Waals surface area contributed by atoms with Gasteiger partial charge in [-0.05, 0) is 43.4 Å². The Balaban J connectivity index is 1.45. The van der Waals surface area contributed by atoms with E-state index in [1.54, 1.807) is 0 Å². The van der Waals surface area contributed by atoms with Gasteiger partial charge in [0.05, 0.1) is 13.2 Å². The summed E-state index contributed by atoms with van der Waals surface area (Å²) in [6.45, 7) is 4.16. The fourth-order valence-electron chi connectivity index (χ4n) is 5.02. The molecule has 0 aromatic heterocycles. The summed E-state index contributed by atoms with van der Waals surface area (Å²) in [6.07, 6.45) is 6.77. The molecule has 1 aromatic rings. The molecule has 0 radical (unpaired) electrons. The first-order chi connectivity index (χ1) is 13.7. The fourth-order valence-corrected chi connectivity index (χ4v) is 5.15. The number of nitrogens with one attached hydrogen (secondary N) is 1. The van der Waals surface area contributed by atoms with Crippen LogP contribution in [0.2, 0.25) is 5.02 Å². The number of rotatable bonds is 5. The first kappa shape index (κ1) is 20.1. The predicted octanol–water partition coefficient (Wildman–Crippen LogP) is 3.15. The van der Waals surface area contributed by atoms with Gasteiger partial charge in [-0.3, -0.25) is 9.69 Å². The summed E-state index contributed by atoms with van der Waals surface area (Å²) in [5, 5.41) is 4.02. The normalized spacial score (nSPS) is 26.2. The molecule has 0 bridgehead atoms. The highest BCUT2D eigenvalue weighted by Crippen LogP contribution is 2.35. The highest BCUT2D eigenvalue weighted by atomic mass is 35.5. The molecule has 0 unspecified atom stereocenters. The summed E-state index contributed by atoms with van der Waals surface area (Å²) in [6, 6.07) is 8.43. The van der Waals surface area contributed by atoms with Gasteiger partial charge < -0.3 is 14.8 Å². The van der Waals surface area contributed by atoms with E-state index in [4.69, 9.17) is 21.1 Å². The minimum Gasteiger partial charge on any atom is -0.381 e. The number of carbonyl (C=O) groups is 1. The van der Waals surface area contributed by atoms with Crippen LogP contribution in [-0.2, 0) is 19.7 Å². The van der Waals surface area contributed by atoms with Gasteiger partial charge in [-0.2, -0.15) is 0 Å². The van der Waals surface area contributed by atoms with Gasteiger partial charge in [0.1, 0.15) is 6.04 Å². The van der Waals surface area contributed by atoms with E-state index >= 15 is 0 Å². The lowest BCUT2D eigenvalue weighted by molar-refractivity contribution is -0.135. The lowest BCUT2D eigenvalue weighted by atomic mass is 9.74. The first-order valence-electron chi connectivity index (χ1n) is 10.6. The molecule has 4 rings (SSSR count). The van der Waals surface area contributed by atoms with Crippen molar-refractivity contribution in [3.05, 3.63) is 34.9 Å². The summed E-state index contributed by atoms with van der Waals surface area (Å²) in [7, 11) is 0. The van der Waals surface area contributed by atoms with E-state index in [0.29, 0.717) is 19.2 Å². The highest BCUT2D eigenvalue weighted by Gasteiger charge is 2.38. The predicted molar refractivity (Wildman–Crippen MR) is 110 cm³/mol. The number of amides is 1. The van der Waals surface area contributed by atoms with E-state index in [1.165, 1.54) is 31.2 Å². The Morgan fingerprint density at radius 3 is 2.54 bits per heavy atom. The van der Waals surface area contributed by atoms with Crippen molar-refractivity contribution in [2.75, 3.05) is 39.5 Å². The van der Waals surface area contributed by atoms with Crippen molar-refractivity contribution in [1.82, 2.24) is 10.2 Å². The second-order valence-electron chi connectivity index (χ2n) is 8.38. The Hall–Kier alpha value is -1.14. The number of hydrogen-bond donors (Lipinski definition) is 1. The molecule has 3 fully saturated rings. The van der Waals surface area contributed by atoms with Crippen LogP contribution in [-0.4, -0.2) is 62.4 Å². The molecular weight excluding hydrogens is 376 g/mol. The van der Waals surface area contributed by atoms with Gasteiger partial charge in [0.15, 0.2) is 0 Å². The van der Waals surface area contributed by atoms with E-state index in [9.17, 15) is 4.79 Å². The molecule has 5 nitrogen and oxygen atoms in total. The zero-order valence-corrected chi connectivity index (χ0v) is 17.3. The Kier molecular flexibility index (Phi) is 6.56. The average Bonchev–Trinajstić information content (AvgIpc) is 3.28. The van der Waals surface area contributed by atoms with Crippen LogP contribution in [0.15, 0.2) is 24.3 Å². The molecule has 1 aromatic carbocycles. The largest absolute Gasteiger partial charge is 0.381 e. The van der Waals surface area contributed by atoms with Crippen LogP contribution in [0.4, 0.5) is 0 Å². The molecule has 0 spiro atoms. The van der Waals surface area contributed by atoms with E-state index in [2.05, 4.69) is 22.3 Å². The molecule has 2 aliphatic heterocycles. The summed E-state index contributed by atoms with van der Waals surface area (Å²) >= 11 is 6.09. The fraction of sp³-hybridized carbons (Fsp3) is 0.682. The van der Waals surface area contributed by atoms with E-state index in [0.717, 1.165) is 44.2 Å².